The average Bonchev–Trinajstić information content (AvgIpc) is 3.22. The molecule has 1 aromatic carbocycles. The minimum absolute atomic E-state index is 0.288. The van der Waals surface area contributed by atoms with E-state index in [0.29, 0.717) is 13.1 Å². The van der Waals surface area contributed by atoms with Crippen molar-refractivity contribution in [3.63, 3.8) is 0 Å². The Bertz CT molecular complexity index is 754. The van der Waals surface area contributed by atoms with Crippen LogP contribution < -0.4 is 0 Å². The quantitative estimate of drug-likeness (QED) is 0.841. The van der Waals surface area contributed by atoms with E-state index < -0.39 is 11.4 Å². The molecule has 126 valence electrons. The van der Waals surface area contributed by atoms with Crippen molar-refractivity contribution >= 4 is 21.9 Å². The number of furan rings is 1. The van der Waals surface area contributed by atoms with Crippen molar-refractivity contribution in [2.75, 3.05) is 13.1 Å². The van der Waals surface area contributed by atoms with Gasteiger partial charge in [0.15, 0.2) is 0 Å². The highest BCUT2D eigenvalue weighted by Gasteiger charge is 2.54. The van der Waals surface area contributed by atoms with Crippen LogP contribution in [0, 0.1) is 11.3 Å². The maximum absolute atomic E-state index is 11.8. The van der Waals surface area contributed by atoms with Crippen LogP contribution in [0.4, 0.5) is 0 Å². The number of aliphatic carboxylic acids is 1. The fraction of sp³-hybridized carbons (Fsp3) is 0.421. The van der Waals surface area contributed by atoms with Crippen molar-refractivity contribution in [2.45, 2.75) is 25.8 Å². The first-order chi connectivity index (χ1) is 11.6. The van der Waals surface area contributed by atoms with E-state index in [1.54, 1.807) is 0 Å². The van der Waals surface area contributed by atoms with Gasteiger partial charge in [-0.2, -0.15) is 0 Å². The lowest BCUT2D eigenvalue weighted by molar-refractivity contribution is -0.149. The van der Waals surface area contributed by atoms with Gasteiger partial charge >= 0.3 is 5.97 Å². The predicted molar refractivity (Wildman–Crippen MR) is 94.5 cm³/mol. The second-order valence-corrected chi connectivity index (χ2v) is 7.91. The Hall–Kier alpha value is -1.59. The van der Waals surface area contributed by atoms with Gasteiger partial charge in [-0.3, -0.25) is 9.69 Å². The molecular weight excluding hydrogens is 370 g/mol. The fourth-order valence-corrected chi connectivity index (χ4v) is 4.58. The maximum atomic E-state index is 11.8. The Morgan fingerprint density at radius 1 is 1.29 bits per heavy atom. The zero-order chi connectivity index (χ0) is 16.7. The number of carboxylic acid groups (broad SMARTS) is 1. The Balaban J connectivity index is 1.47. The van der Waals surface area contributed by atoms with Gasteiger partial charge < -0.3 is 9.52 Å². The average molecular weight is 390 g/mol. The molecule has 2 fully saturated rings. The predicted octanol–water partition coefficient (Wildman–Crippen LogP) is 4.40. The summed E-state index contributed by atoms with van der Waals surface area (Å²) in [7, 11) is 0. The largest absolute Gasteiger partial charge is 0.481 e. The van der Waals surface area contributed by atoms with E-state index in [1.807, 2.05) is 36.4 Å². The Morgan fingerprint density at radius 3 is 2.79 bits per heavy atom. The molecule has 0 bridgehead atoms. The molecule has 1 aliphatic heterocycles. The zero-order valence-corrected chi connectivity index (χ0v) is 15.0. The van der Waals surface area contributed by atoms with Gasteiger partial charge in [0.25, 0.3) is 0 Å². The number of benzene rings is 1. The van der Waals surface area contributed by atoms with E-state index in [1.165, 1.54) is 0 Å². The molecule has 4 rings (SSSR count). The van der Waals surface area contributed by atoms with Crippen molar-refractivity contribution in [1.29, 1.82) is 0 Å². The second-order valence-electron chi connectivity index (χ2n) is 6.99. The number of carbonyl (C=O) groups is 1. The van der Waals surface area contributed by atoms with E-state index in [0.717, 1.165) is 47.4 Å². The summed E-state index contributed by atoms with van der Waals surface area (Å²) in [5.74, 6) is 1.41. The van der Waals surface area contributed by atoms with Crippen molar-refractivity contribution in [3.05, 3.63) is 46.6 Å². The zero-order valence-electron chi connectivity index (χ0n) is 13.4. The molecule has 2 aromatic rings. The van der Waals surface area contributed by atoms with Gasteiger partial charge in [-0.25, -0.2) is 0 Å². The first kappa shape index (κ1) is 15.9. The molecule has 5 heteroatoms. The highest BCUT2D eigenvalue weighted by Crippen LogP contribution is 2.49. The summed E-state index contributed by atoms with van der Waals surface area (Å²) in [6, 6.07) is 12.0. The first-order valence-corrected chi connectivity index (χ1v) is 9.16. The molecule has 0 spiro atoms. The monoisotopic (exact) mass is 389 g/mol. The molecule has 0 unspecified atom stereocenters. The molecule has 1 saturated heterocycles. The SMILES string of the molecule is O=C(O)[C@@]12CCC[C@H]1CN(Cc1ccc(-c3ccc(Br)cc3)o1)C2. The molecule has 2 aliphatic rings. The summed E-state index contributed by atoms with van der Waals surface area (Å²) in [6.45, 7) is 2.18. The lowest BCUT2D eigenvalue weighted by Gasteiger charge is -2.23. The summed E-state index contributed by atoms with van der Waals surface area (Å²) < 4.78 is 7.02. The molecule has 2 heterocycles. The first-order valence-electron chi connectivity index (χ1n) is 8.37. The summed E-state index contributed by atoms with van der Waals surface area (Å²) in [4.78, 5) is 14.0. The van der Waals surface area contributed by atoms with Crippen molar-refractivity contribution < 1.29 is 14.3 Å². The summed E-state index contributed by atoms with van der Waals surface area (Å²) in [6.07, 6.45) is 2.89. The van der Waals surface area contributed by atoms with Gasteiger partial charge in [-0.15, -0.1) is 0 Å². The highest BCUT2D eigenvalue weighted by molar-refractivity contribution is 9.10. The molecule has 2 atom stereocenters. The van der Waals surface area contributed by atoms with Gasteiger partial charge in [0, 0.05) is 23.1 Å². The molecule has 1 aliphatic carbocycles. The minimum atomic E-state index is -0.623. The third kappa shape index (κ3) is 2.70. The van der Waals surface area contributed by atoms with Gasteiger partial charge in [0.05, 0.1) is 12.0 Å². The molecule has 1 aromatic heterocycles. The number of hydrogen-bond acceptors (Lipinski definition) is 3. The number of fused-ring (bicyclic) bond motifs is 1. The van der Waals surface area contributed by atoms with Gasteiger partial charge in [0.1, 0.15) is 11.5 Å². The summed E-state index contributed by atoms with van der Waals surface area (Å²) in [5.41, 5.74) is 0.519. The Morgan fingerprint density at radius 2 is 2.08 bits per heavy atom. The molecular formula is C19H20BrNO3. The summed E-state index contributed by atoms with van der Waals surface area (Å²) >= 11 is 3.44. The van der Waals surface area contributed by atoms with Crippen LogP contribution in [0.15, 0.2) is 45.3 Å². The van der Waals surface area contributed by atoms with E-state index in [-0.39, 0.29) is 5.92 Å². The third-order valence-electron chi connectivity index (χ3n) is 5.54. The van der Waals surface area contributed by atoms with Crippen LogP contribution in [0.1, 0.15) is 25.0 Å². The summed E-state index contributed by atoms with van der Waals surface area (Å²) in [5, 5.41) is 9.68. The number of nitrogens with zero attached hydrogens (tertiary/aromatic N) is 1. The number of hydrogen-bond donors (Lipinski definition) is 1. The number of likely N-dealkylation sites (tertiary alicyclic amines) is 1. The standard InChI is InChI=1S/C19H20BrNO3/c20-15-5-3-13(4-6-15)17-8-7-16(24-17)11-21-10-14-2-1-9-19(14,12-21)18(22)23/h3-8,14H,1-2,9-12H2,(H,22,23)/t14-,19+/m0/s1. The molecule has 0 amide bonds. The van der Waals surface area contributed by atoms with E-state index in [2.05, 4.69) is 20.8 Å². The highest BCUT2D eigenvalue weighted by atomic mass is 79.9. The van der Waals surface area contributed by atoms with Gasteiger partial charge in [-0.05, 0) is 43.0 Å². The minimum Gasteiger partial charge on any atom is -0.481 e. The van der Waals surface area contributed by atoms with E-state index in [9.17, 15) is 9.90 Å². The smallest absolute Gasteiger partial charge is 0.311 e. The van der Waals surface area contributed by atoms with Crippen LogP contribution in [0.5, 0.6) is 0 Å². The van der Waals surface area contributed by atoms with Crippen molar-refractivity contribution in [1.82, 2.24) is 4.90 Å². The number of halogens is 1. The molecule has 24 heavy (non-hydrogen) atoms. The fourth-order valence-electron chi connectivity index (χ4n) is 4.32. The Labute approximate surface area is 149 Å². The van der Waals surface area contributed by atoms with Gasteiger partial charge in [-0.1, -0.05) is 34.5 Å². The van der Waals surface area contributed by atoms with Crippen LogP contribution >= 0.6 is 15.9 Å². The van der Waals surface area contributed by atoms with E-state index in [4.69, 9.17) is 4.42 Å². The number of rotatable bonds is 4. The second kappa shape index (κ2) is 6.05. The Kier molecular flexibility index (Phi) is 4.01. The third-order valence-corrected chi connectivity index (χ3v) is 6.07. The van der Waals surface area contributed by atoms with Crippen molar-refractivity contribution in [3.8, 4) is 11.3 Å². The van der Waals surface area contributed by atoms with Crippen LogP contribution in [0.2, 0.25) is 0 Å². The van der Waals surface area contributed by atoms with Gasteiger partial charge in [0.2, 0.25) is 0 Å². The van der Waals surface area contributed by atoms with Crippen LogP contribution in [0.3, 0.4) is 0 Å². The van der Waals surface area contributed by atoms with Crippen LogP contribution in [-0.4, -0.2) is 29.1 Å². The topological polar surface area (TPSA) is 53.7 Å². The van der Waals surface area contributed by atoms with Crippen LogP contribution in [-0.2, 0) is 11.3 Å². The van der Waals surface area contributed by atoms with Crippen molar-refractivity contribution in [2.24, 2.45) is 11.3 Å². The molecule has 1 N–H and O–H groups in total. The normalized spacial score (nSPS) is 26.6. The molecule has 0 radical (unpaired) electrons. The van der Waals surface area contributed by atoms with Crippen LogP contribution in [0.25, 0.3) is 11.3 Å². The lowest BCUT2D eigenvalue weighted by atomic mass is 9.81. The number of carboxylic acids is 1. The maximum Gasteiger partial charge on any atom is 0.311 e. The lowest BCUT2D eigenvalue weighted by Crippen LogP contribution is -2.35. The van der Waals surface area contributed by atoms with E-state index >= 15 is 0 Å². The molecule has 1 saturated carbocycles. The molecule has 4 nitrogen and oxygen atoms in total.